The van der Waals surface area contributed by atoms with E-state index in [1.165, 1.54) is 17.0 Å². The van der Waals surface area contributed by atoms with Crippen LogP contribution in [0.5, 0.6) is 0 Å². The van der Waals surface area contributed by atoms with Gasteiger partial charge in [0.15, 0.2) is 0 Å². The molecule has 0 radical (unpaired) electrons. The van der Waals surface area contributed by atoms with Crippen LogP contribution in [0.15, 0.2) is 24.3 Å². The molecule has 0 aliphatic carbocycles. The first kappa shape index (κ1) is 15.9. The second-order valence-corrected chi connectivity index (χ2v) is 7.71. The first-order chi connectivity index (χ1) is 9.69. The van der Waals surface area contributed by atoms with Crippen LogP contribution in [0.1, 0.15) is 25.6 Å². The molecule has 1 fully saturated rings. The van der Waals surface area contributed by atoms with Gasteiger partial charge in [-0.05, 0) is 31.5 Å². The van der Waals surface area contributed by atoms with Gasteiger partial charge in [-0.3, -0.25) is 10.1 Å². The van der Waals surface area contributed by atoms with Crippen molar-refractivity contribution in [2.24, 2.45) is 0 Å². The minimum atomic E-state index is -3.20. The lowest BCUT2D eigenvalue weighted by atomic mass is 10.1. The maximum atomic E-state index is 13.0. The van der Waals surface area contributed by atoms with E-state index in [0.717, 1.165) is 11.8 Å². The van der Waals surface area contributed by atoms with E-state index in [1.807, 2.05) is 0 Å². The van der Waals surface area contributed by atoms with E-state index < -0.39 is 28.1 Å². The molecule has 1 N–H and O–H groups in total. The Morgan fingerprint density at radius 2 is 1.90 bits per heavy atom. The first-order valence-corrected chi connectivity index (χ1v) is 8.76. The van der Waals surface area contributed by atoms with Gasteiger partial charge in [-0.25, -0.2) is 12.8 Å². The fourth-order valence-corrected chi connectivity index (χ4v) is 3.67. The minimum absolute atomic E-state index is 0.106. The molecule has 1 aliphatic heterocycles. The average molecular weight is 314 g/mol. The molecule has 116 valence electrons. The Bertz CT molecular complexity index is 630. The molecule has 0 spiro atoms. The predicted molar refractivity (Wildman–Crippen MR) is 77.8 cm³/mol. The van der Waals surface area contributed by atoms with Crippen LogP contribution in [-0.2, 0) is 14.6 Å². The molecule has 5 nitrogen and oxygen atoms in total. The Morgan fingerprint density at radius 3 is 2.43 bits per heavy atom. The number of carbonyl (C=O) groups is 1. The number of hydrogen-bond donors (Lipinski definition) is 1. The first-order valence-electron chi connectivity index (χ1n) is 6.70. The van der Waals surface area contributed by atoms with Crippen molar-refractivity contribution < 1.29 is 17.6 Å². The topological polar surface area (TPSA) is 66.5 Å². The number of benzene rings is 1. The molecule has 7 heteroatoms. The Labute approximate surface area is 124 Å². The molecular weight excluding hydrogens is 295 g/mol. The van der Waals surface area contributed by atoms with Gasteiger partial charge in [-0.2, -0.15) is 0 Å². The summed E-state index contributed by atoms with van der Waals surface area (Å²) in [6, 6.07) is 4.98. The van der Waals surface area contributed by atoms with Gasteiger partial charge in [0.25, 0.3) is 0 Å². The molecule has 0 bridgehead atoms. The van der Waals surface area contributed by atoms with E-state index in [9.17, 15) is 17.6 Å². The number of nitrogens with zero attached hydrogens (tertiary/aromatic N) is 1. The molecule has 0 saturated carbocycles. The van der Waals surface area contributed by atoms with Gasteiger partial charge in [0.2, 0.25) is 5.91 Å². The second kappa shape index (κ2) is 5.73. The van der Waals surface area contributed by atoms with Crippen molar-refractivity contribution in [1.82, 2.24) is 10.2 Å². The molecule has 1 heterocycles. The summed E-state index contributed by atoms with van der Waals surface area (Å²) >= 11 is 0. The van der Waals surface area contributed by atoms with Crippen molar-refractivity contribution in [3.8, 4) is 0 Å². The van der Waals surface area contributed by atoms with Gasteiger partial charge in [-0.15, -0.1) is 0 Å². The van der Waals surface area contributed by atoms with E-state index in [4.69, 9.17) is 0 Å². The van der Waals surface area contributed by atoms with E-state index in [0.29, 0.717) is 0 Å². The van der Waals surface area contributed by atoms with Crippen LogP contribution in [-0.4, -0.2) is 43.3 Å². The highest BCUT2D eigenvalue weighted by Gasteiger charge is 2.40. The van der Waals surface area contributed by atoms with Crippen molar-refractivity contribution >= 4 is 15.7 Å². The van der Waals surface area contributed by atoms with E-state index >= 15 is 0 Å². The summed E-state index contributed by atoms with van der Waals surface area (Å²) in [6.45, 7) is 3.43. The van der Waals surface area contributed by atoms with Gasteiger partial charge >= 0.3 is 0 Å². The van der Waals surface area contributed by atoms with Crippen LogP contribution in [0.2, 0.25) is 0 Å². The lowest BCUT2D eigenvalue weighted by molar-refractivity contribution is -0.131. The van der Waals surface area contributed by atoms with Crippen LogP contribution in [0, 0.1) is 5.82 Å². The van der Waals surface area contributed by atoms with Crippen molar-refractivity contribution in [2.45, 2.75) is 32.1 Å². The fourth-order valence-electron chi connectivity index (χ4n) is 2.63. The van der Waals surface area contributed by atoms with Gasteiger partial charge in [0, 0.05) is 12.3 Å². The Kier molecular flexibility index (Phi) is 4.34. The number of hydrogen-bond acceptors (Lipinski definition) is 4. The lowest BCUT2D eigenvalue weighted by Gasteiger charge is -2.30. The summed E-state index contributed by atoms with van der Waals surface area (Å²) < 4.78 is 36.0. The maximum absolute atomic E-state index is 13.0. The zero-order valence-electron chi connectivity index (χ0n) is 12.2. The number of amides is 1. The third-order valence-electron chi connectivity index (χ3n) is 3.52. The molecule has 1 amide bonds. The summed E-state index contributed by atoms with van der Waals surface area (Å²) in [5, 5.41) is 3.12. The van der Waals surface area contributed by atoms with Gasteiger partial charge in [-0.1, -0.05) is 12.1 Å². The summed E-state index contributed by atoms with van der Waals surface area (Å²) in [5.74, 6) is -0.613. The minimum Gasteiger partial charge on any atom is -0.318 e. The van der Waals surface area contributed by atoms with Crippen molar-refractivity contribution in [3.63, 3.8) is 0 Å². The van der Waals surface area contributed by atoms with Crippen molar-refractivity contribution in [1.29, 1.82) is 0 Å². The zero-order valence-corrected chi connectivity index (χ0v) is 13.0. The van der Waals surface area contributed by atoms with Crippen LogP contribution >= 0.6 is 0 Å². The lowest BCUT2D eigenvalue weighted by Crippen LogP contribution is -2.42. The highest BCUT2D eigenvalue weighted by Crippen LogP contribution is 2.28. The third kappa shape index (κ3) is 3.59. The Hall–Kier alpha value is -1.47. The molecule has 3 unspecified atom stereocenters. The van der Waals surface area contributed by atoms with Crippen molar-refractivity contribution in [3.05, 3.63) is 35.6 Å². The summed E-state index contributed by atoms with van der Waals surface area (Å²) in [7, 11) is -3.20. The zero-order chi connectivity index (χ0) is 15.8. The fraction of sp³-hybridized carbons (Fsp3) is 0.500. The van der Waals surface area contributed by atoms with Crippen LogP contribution in [0.3, 0.4) is 0 Å². The molecular formula is C14H19FN2O3S. The van der Waals surface area contributed by atoms with E-state index in [2.05, 4.69) is 5.32 Å². The average Bonchev–Trinajstić information content (AvgIpc) is 2.64. The second-order valence-electron chi connectivity index (χ2n) is 5.53. The quantitative estimate of drug-likeness (QED) is 0.903. The smallest absolute Gasteiger partial charge is 0.241 e. The molecule has 1 aromatic rings. The molecule has 2 rings (SSSR count). The number of halogens is 1. The number of sulfone groups is 1. The number of carbonyl (C=O) groups excluding carboxylic acids is 1. The van der Waals surface area contributed by atoms with Gasteiger partial charge in [0.1, 0.15) is 21.8 Å². The molecule has 0 aromatic heterocycles. The SMILES string of the molecule is CC1NC(c2ccc(F)cc2)N(C(C)CS(C)(=O)=O)C1=O. The largest absolute Gasteiger partial charge is 0.318 e. The Morgan fingerprint density at radius 1 is 1.33 bits per heavy atom. The summed E-state index contributed by atoms with van der Waals surface area (Å²) in [6.07, 6.45) is 0.707. The van der Waals surface area contributed by atoms with E-state index in [-0.39, 0.29) is 17.5 Å². The maximum Gasteiger partial charge on any atom is 0.241 e. The highest BCUT2D eigenvalue weighted by atomic mass is 32.2. The van der Waals surface area contributed by atoms with Crippen LogP contribution in [0.25, 0.3) is 0 Å². The molecule has 3 atom stereocenters. The monoisotopic (exact) mass is 314 g/mol. The molecule has 1 saturated heterocycles. The predicted octanol–water partition coefficient (Wildman–Crippen LogP) is 1.08. The molecule has 1 aromatic carbocycles. The van der Waals surface area contributed by atoms with Crippen LogP contribution < -0.4 is 5.32 Å². The van der Waals surface area contributed by atoms with Gasteiger partial charge in [0.05, 0.1) is 11.8 Å². The number of rotatable bonds is 4. The standard InChI is InChI=1S/C14H19FN2O3S/c1-9(8-21(3,19)20)17-13(16-10(2)14(17)18)11-4-6-12(15)7-5-11/h4-7,9-10,13,16H,8H2,1-3H3. The normalized spacial score (nSPS) is 24.4. The molecule has 21 heavy (non-hydrogen) atoms. The summed E-state index contributed by atoms with van der Waals surface area (Å²) in [4.78, 5) is 13.8. The summed E-state index contributed by atoms with van der Waals surface area (Å²) in [5.41, 5.74) is 0.731. The third-order valence-corrected chi connectivity index (χ3v) is 4.60. The van der Waals surface area contributed by atoms with Crippen LogP contribution in [0.4, 0.5) is 4.39 Å². The van der Waals surface area contributed by atoms with E-state index in [1.54, 1.807) is 26.0 Å². The Balaban J connectivity index is 2.30. The highest BCUT2D eigenvalue weighted by molar-refractivity contribution is 7.90. The van der Waals surface area contributed by atoms with Gasteiger partial charge < -0.3 is 4.90 Å². The molecule has 1 aliphatic rings. The number of nitrogens with one attached hydrogen (secondary N) is 1. The van der Waals surface area contributed by atoms with Crippen molar-refractivity contribution in [2.75, 3.05) is 12.0 Å².